The molecule has 4 atom stereocenters. The Morgan fingerprint density at radius 2 is 2.00 bits per heavy atom. The Morgan fingerprint density at radius 1 is 1.38 bits per heavy atom. The highest BCUT2D eigenvalue weighted by molar-refractivity contribution is 9.12. The Morgan fingerprint density at radius 3 is 2.62 bits per heavy atom. The van der Waals surface area contributed by atoms with Crippen LogP contribution >= 0.6 is 31.9 Å². The van der Waals surface area contributed by atoms with E-state index in [1.807, 2.05) is 13.8 Å². The molecule has 0 bridgehead atoms. The van der Waals surface area contributed by atoms with Crippen molar-refractivity contribution in [2.45, 2.75) is 54.5 Å². The maximum Gasteiger partial charge on any atom is 0.509 e. The summed E-state index contributed by atoms with van der Waals surface area (Å²) >= 11 is 7.35. The molecule has 2 aliphatic rings. The lowest BCUT2D eigenvalue weighted by atomic mass is 9.72. The van der Waals surface area contributed by atoms with Gasteiger partial charge in [-0.15, -0.1) is 0 Å². The molecule has 4 unspecified atom stereocenters. The number of carbonyl (C=O) groups excluding carboxylic acids is 1. The summed E-state index contributed by atoms with van der Waals surface area (Å²) in [6, 6.07) is 0. The van der Waals surface area contributed by atoms with Gasteiger partial charge in [0.2, 0.25) is 0 Å². The lowest BCUT2D eigenvalue weighted by Gasteiger charge is -2.50. The van der Waals surface area contributed by atoms with Gasteiger partial charge < -0.3 is 9.47 Å². The molecule has 0 amide bonds. The predicted octanol–water partition coefficient (Wildman–Crippen LogP) is 3.63. The summed E-state index contributed by atoms with van der Waals surface area (Å²) in [5.41, 5.74) is -0.435. The van der Waals surface area contributed by atoms with E-state index < -0.39 is 11.8 Å². The Labute approximate surface area is 113 Å². The van der Waals surface area contributed by atoms with Crippen molar-refractivity contribution in [2.75, 3.05) is 0 Å². The van der Waals surface area contributed by atoms with E-state index in [1.165, 1.54) is 0 Å². The molecule has 1 heterocycles. The van der Waals surface area contributed by atoms with Crippen LogP contribution < -0.4 is 0 Å². The van der Waals surface area contributed by atoms with Crippen molar-refractivity contribution in [3.05, 3.63) is 0 Å². The highest BCUT2D eigenvalue weighted by Gasteiger charge is 2.55. The van der Waals surface area contributed by atoms with Crippen molar-refractivity contribution in [3.8, 4) is 0 Å². The summed E-state index contributed by atoms with van der Waals surface area (Å²) in [5, 5.41) is 0. The number of hydrogen-bond acceptors (Lipinski definition) is 3. The first-order valence-electron chi connectivity index (χ1n) is 5.47. The van der Waals surface area contributed by atoms with Crippen molar-refractivity contribution < 1.29 is 14.3 Å². The molecular formula is C11H16Br2O3. The number of rotatable bonds is 0. The third-order valence-corrected chi connectivity index (χ3v) is 6.71. The van der Waals surface area contributed by atoms with Gasteiger partial charge >= 0.3 is 6.16 Å². The Kier molecular flexibility index (Phi) is 3.07. The molecule has 1 saturated heterocycles. The Hall–Kier alpha value is 0.230. The number of halogens is 2. The van der Waals surface area contributed by atoms with Crippen LogP contribution in [-0.4, -0.2) is 27.0 Å². The fourth-order valence-electron chi connectivity index (χ4n) is 2.60. The highest BCUT2D eigenvalue weighted by atomic mass is 79.9. The first-order valence-corrected chi connectivity index (χ1v) is 7.17. The molecule has 92 valence electrons. The van der Waals surface area contributed by atoms with Crippen molar-refractivity contribution in [2.24, 2.45) is 5.92 Å². The fourth-order valence-corrected chi connectivity index (χ4v) is 3.79. The van der Waals surface area contributed by atoms with Gasteiger partial charge in [0.05, 0.1) is 4.83 Å². The van der Waals surface area contributed by atoms with Crippen molar-refractivity contribution in [1.29, 1.82) is 0 Å². The molecule has 1 saturated carbocycles. The van der Waals surface area contributed by atoms with Gasteiger partial charge in [-0.1, -0.05) is 31.9 Å². The minimum absolute atomic E-state index is 0.0259. The van der Waals surface area contributed by atoms with Gasteiger partial charge in [-0.3, -0.25) is 0 Å². The van der Waals surface area contributed by atoms with Gasteiger partial charge in [-0.2, -0.15) is 0 Å². The predicted molar refractivity (Wildman–Crippen MR) is 68.2 cm³/mol. The molecule has 0 aromatic heterocycles. The summed E-state index contributed by atoms with van der Waals surface area (Å²) in [6.07, 6.45) is 1.36. The number of ether oxygens (including phenoxy) is 2. The van der Waals surface area contributed by atoms with Crippen LogP contribution in [0.4, 0.5) is 4.79 Å². The zero-order valence-electron chi connectivity index (χ0n) is 9.63. The summed E-state index contributed by atoms with van der Waals surface area (Å²) < 4.78 is 10.6. The van der Waals surface area contributed by atoms with Crippen LogP contribution in [-0.2, 0) is 9.47 Å². The number of carbonyl (C=O) groups is 1. The second-order valence-electron chi connectivity index (χ2n) is 5.36. The molecule has 5 heteroatoms. The molecule has 0 aromatic rings. The smallest absolute Gasteiger partial charge is 0.429 e. The van der Waals surface area contributed by atoms with Crippen molar-refractivity contribution in [3.63, 3.8) is 0 Å². The van der Waals surface area contributed by atoms with Crippen LogP contribution in [0.15, 0.2) is 0 Å². The van der Waals surface area contributed by atoms with E-state index in [0.29, 0.717) is 0 Å². The zero-order chi connectivity index (χ0) is 12.1. The highest BCUT2D eigenvalue weighted by Crippen LogP contribution is 2.49. The average molecular weight is 356 g/mol. The Balaban J connectivity index is 2.27. The Bertz CT molecular complexity index is 314. The van der Waals surface area contributed by atoms with E-state index in [0.717, 1.165) is 12.8 Å². The number of hydrogen-bond donors (Lipinski definition) is 0. The molecule has 1 aliphatic carbocycles. The van der Waals surface area contributed by atoms with Gasteiger partial charge in [0, 0.05) is 10.2 Å². The third kappa shape index (κ3) is 2.01. The average Bonchev–Trinajstić information content (AvgIpc) is 2.10. The molecular weight excluding hydrogens is 340 g/mol. The van der Waals surface area contributed by atoms with Crippen LogP contribution in [0.5, 0.6) is 0 Å². The first-order chi connectivity index (χ1) is 7.24. The van der Waals surface area contributed by atoms with Crippen LogP contribution in [0, 0.1) is 5.92 Å². The molecule has 0 aromatic carbocycles. The monoisotopic (exact) mass is 354 g/mol. The molecule has 0 radical (unpaired) electrons. The quantitative estimate of drug-likeness (QED) is 0.491. The van der Waals surface area contributed by atoms with Crippen LogP contribution in [0.3, 0.4) is 0 Å². The first kappa shape index (κ1) is 12.7. The van der Waals surface area contributed by atoms with Crippen molar-refractivity contribution in [1.82, 2.24) is 0 Å². The second kappa shape index (κ2) is 3.87. The van der Waals surface area contributed by atoms with Gasteiger partial charge in [0.15, 0.2) is 0 Å². The lowest BCUT2D eigenvalue weighted by Crippen LogP contribution is -2.59. The van der Waals surface area contributed by atoms with Crippen LogP contribution in [0.25, 0.3) is 0 Å². The molecule has 2 fully saturated rings. The van der Waals surface area contributed by atoms with Gasteiger partial charge in [-0.25, -0.2) is 4.79 Å². The molecule has 0 spiro atoms. The van der Waals surface area contributed by atoms with E-state index >= 15 is 0 Å². The standard InChI is InChI=1S/C11H16Br2O3/c1-10(2)6-4-5-11(3,13)8(12)7(6)15-9(14)16-10/h6-8H,4-5H2,1-3H3. The van der Waals surface area contributed by atoms with Gasteiger partial charge in [-0.05, 0) is 33.6 Å². The van der Waals surface area contributed by atoms with E-state index in [4.69, 9.17) is 9.47 Å². The van der Waals surface area contributed by atoms with Gasteiger partial charge in [0.25, 0.3) is 0 Å². The summed E-state index contributed by atoms with van der Waals surface area (Å²) in [7, 11) is 0. The minimum Gasteiger partial charge on any atom is -0.429 e. The van der Waals surface area contributed by atoms with E-state index in [2.05, 4.69) is 38.8 Å². The number of alkyl halides is 2. The largest absolute Gasteiger partial charge is 0.509 e. The number of fused-ring (bicyclic) bond motifs is 1. The maximum atomic E-state index is 11.4. The van der Waals surface area contributed by atoms with Gasteiger partial charge in [0.1, 0.15) is 11.7 Å². The number of cyclic esters (lactones) is 1. The fraction of sp³-hybridized carbons (Fsp3) is 0.909. The lowest BCUT2D eigenvalue weighted by molar-refractivity contribution is -0.152. The summed E-state index contributed by atoms with van der Waals surface area (Å²) in [5.74, 6) is 0.250. The summed E-state index contributed by atoms with van der Waals surface area (Å²) in [4.78, 5) is 11.5. The van der Waals surface area contributed by atoms with E-state index in [-0.39, 0.29) is 21.2 Å². The summed E-state index contributed by atoms with van der Waals surface area (Å²) in [6.45, 7) is 6.04. The third-order valence-electron chi connectivity index (χ3n) is 3.68. The van der Waals surface area contributed by atoms with Crippen LogP contribution in [0.1, 0.15) is 33.6 Å². The van der Waals surface area contributed by atoms with E-state index in [1.54, 1.807) is 0 Å². The normalized spacial score (nSPS) is 46.6. The topological polar surface area (TPSA) is 35.5 Å². The molecule has 3 nitrogen and oxygen atoms in total. The SMILES string of the molecule is CC1(Br)CCC2C(OC(=O)OC2(C)C)C1Br. The molecule has 2 rings (SSSR count). The van der Waals surface area contributed by atoms with E-state index in [9.17, 15) is 4.79 Å². The van der Waals surface area contributed by atoms with Crippen molar-refractivity contribution >= 4 is 38.0 Å². The zero-order valence-corrected chi connectivity index (χ0v) is 12.8. The molecule has 16 heavy (non-hydrogen) atoms. The molecule has 1 aliphatic heterocycles. The maximum absolute atomic E-state index is 11.4. The van der Waals surface area contributed by atoms with Crippen LogP contribution in [0.2, 0.25) is 0 Å². The molecule has 0 N–H and O–H groups in total. The second-order valence-corrected chi connectivity index (χ2v) is 8.16. The minimum atomic E-state index is -0.555.